The highest BCUT2D eigenvalue weighted by atomic mass is 31.1. The second kappa shape index (κ2) is 5.97. The molecule has 0 fully saturated rings. The van der Waals surface area contributed by atoms with Crippen LogP contribution in [0.25, 0.3) is 0 Å². The maximum Gasteiger partial charge on any atom is 0.220 e. The number of rotatable bonds is 5. The van der Waals surface area contributed by atoms with Gasteiger partial charge in [-0.05, 0) is 17.7 Å². The van der Waals surface area contributed by atoms with Crippen LogP contribution in [0.15, 0.2) is 24.3 Å². The van der Waals surface area contributed by atoms with E-state index >= 15 is 0 Å². The first-order chi connectivity index (χ1) is 7.54. The van der Waals surface area contributed by atoms with E-state index in [4.69, 9.17) is 4.52 Å². The fraction of sp³-hybridized carbons (Fsp3) is 0.417. The molecule has 88 valence electrons. The van der Waals surface area contributed by atoms with Crippen LogP contribution in [0.4, 0.5) is 0 Å². The van der Waals surface area contributed by atoms with Gasteiger partial charge in [-0.1, -0.05) is 26.0 Å². The molecule has 0 saturated heterocycles. The van der Waals surface area contributed by atoms with Crippen molar-refractivity contribution in [2.45, 2.75) is 20.3 Å². The van der Waals surface area contributed by atoms with Gasteiger partial charge >= 0.3 is 0 Å². The summed E-state index contributed by atoms with van der Waals surface area (Å²) < 4.78 is 16.1. The fourth-order valence-corrected chi connectivity index (χ4v) is 1.96. The smallest absolute Gasteiger partial charge is 0.220 e. The minimum absolute atomic E-state index is 0.0535. The van der Waals surface area contributed by atoms with Gasteiger partial charge in [0.2, 0.25) is 8.03 Å². The molecule has 0 heterocycles. The van der Waals surface area contributed by atoms with Crippen LogP contribution < -0.4 is 5.30 Å². The van der Waals surface area contributed by atoms with Crippen molar-refractivity contribution in [3.05, 3.63) is 29.8 Å². The van der Waals surface area contributed by atoms with Crippen molar-refractivity contribution >= 4 is 19.1 Å². The van der Waals surface area contributed by atoms with Crippen LogP contribution >= 0.6 is 8.03 Å². The molecule has 0 aliphatic carbocycles. The zero-order valence-corrected chi connectivity index (χ0v) is 10.8. The second-order valence-corrected chi connectivity index (χ2v) is 5.55. The Balaban J connectivity index is 2.72. The van der Waals surface area contributed by atoms with Crippen LogP contribution in [-0.2, 0) is 20.3 Å². The highest BCUT2D eigenvalue weighted by Gasteiger charge is 2.08. The molecule has 0 aromatic heterocycles. The molecule has 16 heavy (non-hydrogen) atoms. The van der Waals surface area contributed by atoms with Crippen LogP contribution in [-0.4, -0.2) is 12.9 Å². The molecular weight excluding hydrogens is 223 g/mol. The molecule has 1 atom stereocenters. The standard InChI is InChI=1S/C12H17O3P/c1-9(2)12(13)8-10-4-6-11(7-5-10)16(14)15-3/h4-7,9,16H,8H2,1-3H3. The Hall–Kier alpha value is -0.920. The van der Waals surface area contributed by atoms with Gasteiger partial charge in [0.1, 0.15) is 5.78 Å². The molecular formula is C12H17O3P. The van der Waals surface area contributed by atoms with Gasteiger partial charge in [0.05, 0.1) is 0 Å². The lowest BCUT2D eigenvalue weighted by Crippen LogP contribution is -2.10. The maximum absolute atomic E-state index is 11.5. The van der Waals surface area contributed by atoms with E-state index in [0.29, 0.717) is 11.7 Å². The van der Waals surface area contributed by atoms with Crippen LogP contribution in [0.3, 0.4) is 0 Å². The molecule has 0 spiro atoms. The van der Waals surface area contributed by atoms with Crippen LogP contribution in [0.5, 0.6) is 0 Å². The Labute approximate surface area is 96.7 Å². The molecule has 0 aliphatic heterocycles. The fourth-order valence-electron chi connectivity index (χ4n) is 1.28. The first-order valence-corrected chi connectivity index (χ1v) is 6.56. The summed E-state index contributed by atoms with van der Waals surface area (Å²) in [7, 11) is -0.674. The Morgan fingerprint density at radius 3 is 2.31 bits per heavy atom. The number of hydrogen-bond donors (Lipinski definition) is 0. The van der Waals surface area contributed by atoms with Crippen LogP contribution in [0, 0.1) is 5.92 Å². The van der Waals surface area contributed by atoms with Gasteiger partial charge in [0.15, 0.2) is 0 Å². The van der Waals surface area contributed by atoms with E-state index in [1.807, 2.05) is 26.0 Å². The molecule has 1 unspecified atom stereocenters. The summed E-state index contributed by atoms with van der Waals surface area (Å²) in [4.78, 5) is 11.5. The van der Waals surface area contributed by atoms with E-state index in [2.05, 4.69) is 0 Å². The summed E-state index contributed by atoms with van der Waals surface area (Å²) in [6.07, 6.45) is 0.436. The molecule has 0 saturated carbocycles. The van der Waals surface area contributed by atoms with E-state index in [9.17, 15) is 9.36 Å². The van der Waals surface area contributed by atoms with E-state index < -0.39 is 8.03 Å². The predicted molar refractivity (Wildman–Crippen MR) is 65.6 cm³/mol. The molecule has 3 nitrogen and oxygen atoms in total. The quantitative estimate of drug-likeness (QED) is 0.741. The highest BCUT2D eigenvalue weighted by Crippen LogP contribution is 2.19. The SMILES string of the molecule is CO[PH](=O)c1ccc(CC(=O)C(C)C)cc1. The van der Waals surface area contributed by atoms with Gasteiger partial charge in [-0.15, -0.1) is 0 Å². The predicted octanol–water partition coefficient (Wildman–Crippen LogP) is 2.20. The number of Topliss-reactive ketones (excluding diaryl/α,β-unsaturated/α-hetero) is 1. The highest BCUT2D eigenvalue weighted by molar-refractivity contribution is 7.48. The van der Waals surface area contributed by atoms with E-state index in [0.717, 1.165) is 5.56 Å². The Morgan fingerprint density at radius 2 is 1.88 bits per heavy atom. The van der Waals surface area contributed by atoms with Crippen molar-refractivity contribution in [3.63, 3.8) is 0 Å². The molecule has 0 radical (unpaired) electrons. The Kier molecular flexibility index (Phi) is 4.91. The van der Waals surface area contributed by atoms with Crippen molar-refractivity contribution in [2.24, 2.45) is 5.92 Å². The minimum atomic E-state index is -2.10. The second-order valence-electron chi connectivity index (χ2n) is 3.99. The summed E-state index contributed by atoms with van der Waals surface area (Å²) >= 11 is 0. The first kappa shape index (κ1) is 13.1. The first-order valence-electron chi connectivity index (χ1n) is 5.24. The summed E-state index contributed by atoms with van der Waals surface area (Å²) in [6.45, 7) is 3.78. The molecule has 0 amide bonds. The van der Waals surface area contributed by atoms with E-state index in [1.54, 1.807) is 12.1 Å². The van der Waals surface area contributed by atoms with E-state index in [-0.39, 0.29) is 11.7 Å². The van der Waals surface area contributed by atoms with Crippen molar-refractivity contribution in [1.82, 2.24) is 0 Å². The minimum Gasteiger partial charge on any atom is -0.331 e. The number of carbonyl (C=O) groups is 1. The third-order valence-corrected chi connectivity index (χ3v) is 3.57. The third-order valence-electron chi connectivity index (χ3n) is 2.40. The lowest BCUT2D eigenvalue weighted by Gasteiger charge is -2.05. The Morgan fingerprint density at radius 1 is 1.31 bits per heavy atom. The molecule has 0 bridgehead atoms. The summed E-state index contributed by atoms with van der Waals surface area (Å²) in [5.41, 5.74) is 0.952. The zero-order valence-electron chi connectivity index (χ0n) is 9.82. The van der Waals surface area contributed by atoms with Gasteiger partial charge in [-0.25, -0.2) is 0 Å². The van der Waals surface area contributed by atoms with E-state index in [1.165, 1.54) is 7.11 Å². The van der Waals surface area contributed by atoms with Crippen LogP contribution in [0.1, 0.15) is 19.4 Å². The summed E-state index contributed by atoms with van der Waals surface area (Å²) in [6, 6.07) is 7.18. The van der Waals surface area contributed by atoms with Gasteiger partial charge in [-0.2, -0.15) is 0 Å². The maximum atomic E-state index is 11.5. The van der Waals surface area contributed by atoms with Gasteiger partial charge in [0, 0.05) is 24.8 Å². The third kappa shape index (κ3) is 3.58. The van der Waals surface area contributed by atoms with Gasteiger partial charge in [0.25, 0.3) is 0 Å². The average Bonchev–Trinajstić information content (AvgIpc) is 2.28. The largest absolute Gasteiger partial charge is 0.331 e. The molecule has 1 rings (SSSR count). The monoisotopic (exact) mass is 240 g/mol. The molecule has 0 aliphatic rings. The lowest BCUT2D eigenvalue weighted by molar-refractivity contribution is -0.121. The number of ketones is 1. The normalized spacial score (nSPS) is 12.8. The average molecular weight is 240 g/mol. The number of carbonyl (C=O) groups excluding carboxylic acids is 1. The van der Waals surface area contributed by atoms with Crippen molar-refractivity contribution in [3.8, 4) is 0 Å². The topological polar surface area (TPSA) is 43.4 Å². The number of hydrogen-bond acceptors (Lipinski definition) is 3. The number of benzene rings is 1. The van der Waals surface area contributed by atoms with Gasteiger partial charge < -0.3 is 4.52 Å². The molecule has 1 aromatic carbocycles. The molecule has 4 heteroatoms. The van der Waals surface area contributed by atoms with Crippen molar-refractivity contribution < 1.29 is 13.9 Å². The summed E-state index contributed by atoms with van der Waals surface area (Å²) in [5.74, 6) is 0.268. The Bertz CT molecular complexity index is 382. The molecule has 1 aromatic rings. The molecule has 0 N–H and O–H groups in total. The zero-order chi connectivity index (χ0) is 12.1. The lowest BCUT2D eigenvalue weighted by atomic mass is 10.0. The van der Waals surface area contributed by atoms with Crippen molar-refractivity contribution in [2.75, 3.05) is 7.11 Å². The van der Waals surface area contributed by atoms with Gasteiger partial charge in [-0.3, -0.25) is 9.36 Å². The van der Waals surface area contributed by atoms with Crippen LogP contribution in [0.2, 0.25) is 0 Å². The van der Waals surface area contributed by atoms with Crippen molar-refractivity contribution in [1.29, 1.82) is 0 Å². The summed E-state index contributed by atoms with van der Waals surface area (Å²) in [5, 5.41) is 0.688.